The molecule has 4 rings (SSSR count). The molecule has 0 bridgehead atoms. The lowest BCUT2D eigenvalue weighted by molar-refractivity contribution is -0.384. The lowest BCUT2D eigenvalue weighted by Crippen LogP contribution is -2.45. The monoisotopic (exact) mass is 486 g/mol. The number of hydrogen-bond donors (Lipinski definition) is 1. The summed E-state index contributed by atoms with van der Waals surface area (Å²) < 4.78 is 0. The Hall–Kier alpha value is -4.86. The topological polar surface area (TPSA) is 130 Å². The Morgan fingerprint density at radius 1 is 1.03 bits per heavy atom. The summed E-state index contributed by atoms with van der Waals surface area (Å²) in [5.41, 5.74) is 1.33. The molecule has 1 fully saturated rings. The van der Waals surface area contributed by atoms with Crippen molar-refractivity contribution in [2.45, 2.75) is 25.9 Å². The van der Waals surface area contributed by atoms with Gasteiger partial charge in [0.2, 0.25) is 11.8 Å². The molecule has 1 N–H and O–H groups in total. The second-order valence-corrected chi connectivity index (χ2v) is 8.24. The first-order chi connectivity index (χ1) is 17.2. The SMILES string of the molecule is CC(=O)Nc1ccc(N2C(=O)CC(N(Cc3ccccc3)C(=O)c3cccc([N+](=O)[O-])c3)C2=O)cc1. The lowest BCUT2D eigenvalue weighted by atomic mass is 10.1. The van der Waals surface area contributed by atoms with Gasteiger partial charge in [0.25, 0.3) is 17.5 Å². The summed E-state index contributed by atoms with van der Waals surface area (Å²) in [6.07, 6.45) is -0.236. The van der Waals surface area contributed by atoms with E-state index in [0.717, 1.165) is 16.5 Å². The summed E-state index contributed by atoms with van der Waals surface area (Å²) >= 11 is 0. The van der Waals surface area contributed by atoms with E-state index in [0.29, 0.717) is 11.4 Å². The van der Waals surface area contributed by atoms with Gasteiger partial charge in [-0.3, -0.25) is 29.3 Å². The molecule has 10 nitrogen and oxygen atoms in total. The van der Waals surface area contributed by atoms with Gasteiger partial charge in [0, 0.05) is 36.9 Å². The molecule has 1 unspecified atom stereocenters. The van der Waals surface area contributed by atoms with E-state index in [1.54, 1.807) is 36.4 Å². The van der Waals surface area contributed by atoms with Crippen LogP contribution in [0.2, 0.25) is 0 Å². The number of non-ortho nitro benzene ring substituents is 1. The maximum atomic E-state index is 13.5. The second kappa shape index (κ2) is 10.2. The first kappa shape index (κ1) is 24.3. The number of amides is 4. The Morgan fingerprint density at radius 2 is 1.72 bits per heavy atom. The number of anilines is 2. The van der Waals surface area contributed by atoms with Crippen molar-refractivity contribution in [2.75, 3.05) is 10.2 Å². The van der Waals surface area contributed by atoms with Crippen LogP contribution in [0.5, 0.6) is 0 Å². The Balaban J connectivity index is 1.66. The van der Waals surface area contributed by atoms with Crippen molar-refractivity contribution in [2.24, 2.45) is 0 Å². The van der Waals surface area contributed by atoms with Gasteiger partial charge in [-0.1, -0.05) is 36.4 Å². The molecular formula is C26H22N4O6. The van der Waals surface area contributed by atoms with Crippen molar-refractivity contribution in [1.82, 2.24) is 4.90 Å². The molecule has 3 aromatic rings. The summed E-state index contributed by atoms with van der Waals surface area (Å²) in [5, 5.41) is 13.8. The second-order valence-electron chi connectivity index (χ2n) is 8.24. The van der Waals surface area contributed by atoms with Crippen molar-refractivity contribution >= 4 is 40.7 Å². The lowest BCUT2D eigenvalue weighted by Gasteiger charge is -2.28. The summed E-state index contributed by atoms with van der Waals surface area (Å²) in [6.45, 7) is 1.40. The van der Waals surface area contributed by atoms with Gasteiger partial charge >= 0.3 is 0 Å². The molecule has 0 saturated carbocycles. The van der Waals surface area contributed by atoms with Gasteiger partial charge in [-0.2, -0.15) is 0 Å². The average Bonchev–Trinajstić information content (AvgIpc) is 3.16. The zero-order valence-corrected chi connectivity index (χ0v) is 19.3. The molecule has 0 spiro atoms. The molecule has 0 aromatic heterocycles. The zero-order chi connectivity index (χ0) is 25.8. The van der Waals surface area contributed by atoms with Crippen LogP contribution in [0.15, 0.2) is 78.9 Å². The molecule has 1 aliphatic rings. The average molecular weight is 486 g/mol. The zero-order valence-electron chi connectivity index (χ0n) is 19.3. The van der Waals surface area contributed by atoms with Crippen LogP contribution in [-0.2, 0) is 20.9 Å². The van der Waals surface area contributed by atoms with Crippen molar-refractivity contribution in [3.05, 3.63) is 100 Å². The third-order valence-electron chi connectivity index (χ3n) is 5.71. The maximum absolute atomic E-state index is 13.5. The van der Waals surface area contributed by atoms with E-state index in [2.05, 4.69) is 5.32 Å². The maximum Gasteiger partial charge on any atom is 0.270 e. The highest BCUT2D eigenvalue weighted by atomic mass is 16.6. The molecule has 1 saturated heterocycles. The van der Waals surface area contributed by atoms with Crippen molar-refractivity contribution < 1.29 is 24.1 Å². The van der Waals surface area contributed by atoms with Gasteiger partial charge < -0.3 is 10.2 Å². The number of nitro groups is 1. The fraction of sp³-hybridized carbons (Fsp3) is 0.154. The molecule has 3 aromatic carbocycles. The number of carbonyl (C=O) groups excluding carboxylic acids is 4. The van der Waals surface area contributed by atoms with Crippen LogP contribution in [0, 0.1) is 10.1 Å². The molecule has 10 heteroatoms. The first-order valence-corrected chi connectivity index (χ1v) is 11.1. The Kier molecular flexibility index (Phi) is 6.86. The number of nitro benzene ring substituents is 1. The number of imide groups is 1. The summed E-state index contributed by atoms with van der Waals surface area (Å²) in [4.78, 5) is 64.1. The number of benzene rings is 3. The van der Waals surface area contributed by atoms with Crippen LogP contribution in [-0.4, -0.2) is 39.5 Å². The third-order valence-corrected chi connectivity index (χ3v) is 5.71. The van der Waals surface area contributed by atoms with E-state index in [1.807, 2.05) is 6.07 Å². The molecule has 1 atom stereocenters. The number of nitrogens with zero attached hydrogens (tertiary/aromatic N) is 3. The summed E-state index contributed by atoms with van der Waals surface area (Å²) in [7, 11) is 0. The number of hydrogen-bond acceptors (Lipinski definition) is 6. The van der Waals surface area contributed by atoms with Crippen LogP contribution >= 0.6 is 0 Å². The molecule has 182 valence electrons. The minimum absolute atomic E-state index is 0.0291. The Bertz CT molecular complexity index is 1340. The molecule has 4 amide bonds. The largest absolute Gasteiger partial charge is 0.326 e. The summed E-state index contributed by atoms with van der Waals surface area (Å²) in [6, 6.07) is 19.3. The van der Waals surface area contributed by atoms with E-state index >= 15 is 0 Å². The van der Waals surface area contributed by atoms with Gasteiger partial charge in [-0.05, 0) is 35.9 Å². The molecule has 0 radical (unpaired) electrons. The fourth-order valence-corrected chi connectivity index (χ4v) is 4.05. The highest BCUT2D eigenvalue weighted by molar-refractivity contribution is 6.23. The van der Waals surface area contributed by atoms with Crippen LogP contribution < -0.4 is 10.2 Å². The molecular weight excluding hydrogens is 464 g/mol. The molecule has 1 aliphatic heterocycles. The van der Waals surface area contributed by atoms with Crippen LogP contribution in [0.1, 0.15) is 29.3 Å². The van der Waals surface area contributed by atoms with E-state index in [9.17, 15) is 29.3 Å². The standard InChI is InChI=1S/C26H22N4O6/c1-17(31)27-20-10-12-21(13-11-20)29-24(32)15-23(26(29)34)28(16-18-6-3-2-4-7-18)25(33)19-8-5-9-22(14-19)30(35)36/h2-14,23H,15-16H2,1H3,(H,27,31). The van der Waals surface area contributed by atoms with Gasteiger partial charge in [-0.15, -0.1) is 0 Å². The smallest absolute Gasteiger partial charge is 0.270 e. The van der Waals surface area contributed by atoms with E-state index < -0.39 is 28.7 Å². The van der Waals surface area contributed by atoms with Gasteiger partial charge in [0.15, 0.2) is 0 Å². The Morgan fingerprint density at radius 3 is 2.36 bits per heavy atom. The quantitative estimate of drug-likeness (QED) is 0.309. The predicted octanol–water partition coefficient (Wildman–Crippen LogP) is 3.53. The fourth-order valence-electron chi connectivity index (χ4n) is 4.05. The van der Waals surface area contributed by atoms with Crippen LogP contribution in [0.4, 0.5) is 17.1 Å². The van der Waals surface area contributed by atoms with Gasteiger partial charge in [-0.25, -0.2) is 4.90 Å². The van der Waals surface area contributed by atoms with Crippen molar-refractivity contribution in [3.63, 3.8) is 0 Å². The van der Waals surface area contributed by atoms with E-state index in [1.165, 1.54) is 42.2 Å². The van der Waals surface area contributed by atoms with Crippen LogP contribution in [0.3, 0.4) is 0 Å². The van der Waals surface area contributed by atoms with Crippen LogP contribution in [0.25, 0.3) is 0 Å². The molecule has 0 aliphatic carbocycles. The van der Waals surface area contributed by atoms with Crippen molar-refractivity contribution in [1.29, 1.82) is 0 Å². The third kappa shape index (κ3) is 5.12. The molecule has 36 heavy (non-hydrogen) atoms. The van der Waals surface area contributed by atoms with Gasteiger partial charge in [0.05, 0.1) is 17.0 Å². The number of nitrogens with one attached hydrogen (secondary N) is 1. The van der Waals surface area contributed by atoms with E-state index in [-0.39, 0.29) is 30.1 Å². The van der Waals surface area contributed by atoms with E-state index in [4.69, 9.17) is 0 Å². The Labute approximate surface area is 206 Å². The minimum atomic E-state index is -1.10. The van der Waals surface area contributed by atoms with Gasteiger partial charge in [0.1, 0.15) is 6.04 Å². The minimum Gasteiger partial charge on any atom is -0.326 e. The highest BCUT2D eigenvalue weighted by Crippen LogP contribution is 2.29. The normalized spacial score (nSPS) is 15.0. The van der Waals surface area contributed by atoms with Crippen molar-refractivity contribution in [3.8, 4) is 0 Å². The number of carbonyl (C=O) groups is 4. The summed E-state index contributed by atoms with van der Waals surface area (Å²) in [5.74, 6) is -1.92. The predicted molar refractivity (Wildman–Crippen MR) is 131 cm³/mol. The highest BCUT2D eigenvalue weighted by Gasteiger charge is 2.44. The number of rotatable bonds is 7. The first-order valence-electron chi connectivity index (χ1n) is 11.1. The molecule has 1 heterocycles.